The third-order valence-corrected chi connectivity index (χ3v) is 4.25. The van der Waals surface area contributed by atoms with E-state index in [1.165, 1.54) is 6.20 Å². The van der Waals surface area contributed by atoms with E-state index in [0.717, 1.165) is 6.07 Å². The van der Waals surface area contributed by atoms with Gasteiger partial charge < -0.3 is 0 Å². The average molecular weight is 254 g/mol. The molecule has 0 radical (unpaired) electrons. The maximum absolute atomic E-state index is 12.5. The van der Waals surface area contributed by atoms with Crippen LogP contribution in [0.5, 0.6) is 0 Å². The van der Waals surface area contributed by atoms with Crippen molar-refractivity contribution in [2.75, 3.05) is 0 Å². The minimum atomic E-state index is -4.41. The van der Waals surface area contributed by atoms with Crippen LogP contribution in [0, 0.1) is 0 Å². The van der Waals surface area contributed by atoms with Crippen molar-refractivity contribution in [3.8, 4) is 0 Å². The number of hydrogen-bond donors (Lipinski definition) is 0. The number of aromatic nitrogens is 1. The van der Waals surface area contributed by atoms with Gasteiger partial charge in [0.25, 0.3) is 0 Å². The Bertz CT molecular complexity index is 338. The van der Waals surface area contributed by atoms with E-state index in [2.05, 4.69) is 4.98 Å². The summed E-state index contributed by atoms with van der Waals surface area (Å²) in [5.41, 5.74) is -0.795. The Morgan fingerprint density at radius 2 is 1.80 bits per heavy atom. The monoisotopic (exact) mass is 253 g/mol. The van der Waals surface area contributed by atoms with Crippen LogP contribution >= 0.6 is 11.6 Å². The van der Waals surface area contributed by atoms with Gasteiger partial charge in [0, 0.05) is 11.5 Å². The summed E-state index contributed by atoms with van der Waals surface area (Å²) in [5.74, 6) is 0. The predicted molar refractivity (Wildman–Crippen MR) is 57.2 cm³/mol. The fraction of sp³-hybridized carbons (Fsp3) is 0.444. The number of alkyl halides is 3. The molecule has 84 valence electrons. The quantitative estimate of drug-likeness (QED) is 0.700. The van der Waals surface area contributed by atoms with Crippen molar-refractivity contribution >= 4 is 25.0 Å². The Hall–Kier alpha value is -0.553. The third kappa shape index (κ3) is 2.72. The first kappa shape index (κ1) is 12.5. The molecule has 6 heteroatoms. The topological polar surface area (TPSA) is 12.9 Å². The van der Waals surface area contributed by atoms with Crippen LogP contribution in [0.2, 0.25) is 24.7 Å². The molecule has 0 aromatic carbocycles. The largest absolute Gasteiger partial charge is 0.417 e. The minimum absolute atomic E-state index is 0.246. The van der Waals surface area contributed by atoms with Crippen LogP contribution in [-0.2, 0) is 6.18 Å². The first-order chi connectivity index (χ1) is 6.64. The van der Waals surface area contributed by atoms with E-state index in [-0.39, 0.29) is 5.02 Å². The maximum Gasteiger partial charge on any atom is 0.417 e. The lowest BCUT2D eigenvalue weighted by Gasteiger charge is -2.19. The fourth-order valence-corrected chi connectivity index (χ4v) is 3.51. The number of hydrogen-bond acceptors (Lipinski definition) is 1. The van der Waals surface area contributed by atoms with Crippen LogP contribution in [0.1, 0.15) is 5.56 Å². The first-order valence-electron chi connectivity index (χ1n) is 4.36. The lowest BCUT2D eigenvalue weighted by atomic mass is 10.2. The molecule has 1 aromatic rings. The summed E-state index contributed by atoms with van der Waals surface area (Å²) in [5, 5.41) is 0.156. The van der Waals surface area contributed by atoms with E-state index < -0.39 is 19.8 Å². The zero-order valence-electron chi connectivity index (χ0n) is 8.61. The summed E-state index contributed by atoms with van der Waals surface area (Å²) < 4.78 is 37.6. The number of nitrogens with zero attached hydrogens (tertiary/aromatic N) is 1. The van der Waals surface area contributed by atoms with Gasteiger partial charge in [-0.05, 0) is 6.07 Å². The van der Waals surface area contributed by atoms with Gasteiger partial charge in [-0.15, -0.1) is 0 Å². The van der Waals surface area contributed by atoms with Crippen LogP contribution in [-0.4, -0.2) is 13.1 Å². The van der Waals surface area contributed by atoms with E-state index in [1.54, 1.807) is 0 Å². The van der Waals surface area contributed by atoms with Crippen molar-refractivity contribution in [2.24, 2.45) is 0 Å². The average Bonchev–Trinajstić information content (AvgIpc) is 1.99. The van der Waals surface area contributed by atoms with Gasteiger partial charge in [0.05, 0.1) is 10.6 Å². The molecule has 0 bridgehead atoms. The molecule has 0 aliphatic rings. The Balaban J connectivity index is 3.37. The van der Waals surface area contributed by atoms with Crippen molar-refractivity contribution in [1.82, 2.24) is 4.98 Å². The summed E-state index contributed by atoms with van der Waals surface area (Å²) >= 11 is 5.73. The van der Waals surface area contributed by atoms with Gasteiger partial charge in [-0.2, -0.15) is 13.2 Å². The van der Waals surface area contributed by atoms with Gasteiger partial charge in [-0.3, -0.25) is 4.98 Å². The number of rotatable bonds is 1. The zero-order chi connectivity index (χ0) is 11.9. The van der Waals surface area contributed by atoms with Crippen LogP contribution < -0.4 is 5.32 Å². The van der Waals surface area contributed by atoms with Crippen molar-refractivity contribution in [1.29, 1.82) is 0 Å². The standard InChI is InChI=1S/C9H11ClF3NSi/c1-15(2,3)8-7(10)6(4-5-14-8)9(11,12)13/h4-5H,1-3H3. The molecule has 0 N–H and O–H groups in total. The molecule has 0 spiro atoms. The van der Waals surface area contributed by atoms with Gasteiger partial charge in [-0.25, -0.2) is 0 Å². The Labute approximate surface area is 92.3 Å². The molecule has 0 unspecified atom stereocenters. The van der Waals surface area contributed by atoms with Gasteiger partial charge in [0.2, 0.25) is 0 Å². The molecule has 0 atom stereocenters. The maximum atomic E-state index is 12.5. The normalized spacial score (nSPS) is 13.0. The smallest absolute Gasteiger partial charge is 0.265 e. The molecule has 15 heavy (non-hydrogen) atoms. The SMILES string of the molecule is C[Si](C)(C)c1nccc(C(F)(F)F)c1Cl. The van der Waals surface area contributed by atoms with E-state index in [9.17, 15) is 13.2 Å². The molecule has 1 nitrogen and oxygen atoms in total. The molecule has 1 aromatic heterocycles. The highest BCUT2D eigenvalue weighted by Crippen LogP contribution is 2.33. The molecule has 0 saturated heterocycles. The third-order valence-electron chi connectivity index (χ3n) is 1.91. The van der Waals surface area contributed by atoms with Crippen molar-refractivity contribution in [2.45, 2.75) is 25.8 Å². The number of pyridine rings is 1. The minimum Gasteiger partial charge on any atom is -0.265 e. The van der Waals surface area contributed by atoms with Gasteiger partial charge in [0.15, 0.2) is 0 Å². The highest BCUT2D eigenvalue weighted by atomic mass is 35.5. The van der Waals surface area contributed by atoms with E-state index >= 15 is 0 Å². The molecule has 0 saturated carbocycles. The second-order valence-corrected chi connectivity index (χ2v) is 9.62. The predicted octanol–water partition coefficient (Wildman–Crippen LogP) is 3.30. The van der Waals surface area contributed by atoms with Crippen LogP contribution in [0.3, 0.4) is 0 Å². The van der Waals surface area contributed by atoms with Crippen molar-refractivity contribution in [3.63, 3.8) is 0 Å². The van der Waals surface area contributed by atoms with Gasteiger partial charge in [-0.1, -0.05) is 31.2 Å². The van der Waals surface area contributed by atoms with Crippen molar-refractivity contribution < 1.29 is 13.2 Å². The van der Waals surface area contributed by atoms with Gasteiger partial charge in [0.1, 0.15) is 8.07 Å². The molecule has 1 heterocycles. The van der Waals surface area contributed by atoms with Crippen LogP contribution in [0.15, 0.2) is 12.3 Å². The molecule has 0 aliphatic carbocycles. The molecule has 0 fully saturated rings. The second-order valence-electron chi connectivity index (χ2n) is 4.27. The lowest BCUT2D eigenvalue weighted by molar-refractivity contribution is -0.137. The number of halogens is 4. The van der Waals surface area contributed by atoms with Crippen molar-refractivity contribution in [3.05, 3.63) is 22.8 Å². The van der Waals surface area contributed by atoms with Crippen LogP contribution in [0.4, 0.5) is 13.2 Å². The summed E-state index contributed by atoms with van der Waals surface area (Å²) in [6.45, 7) is 5.71. The summed E-state index contributed by atoms with van der Waals surface area (Å²) in [7, 11) is -1.93. The lowest BCUT2D eigenvalue weighted by Crippen LogP contribution is -2.41. The highest BCUT2D eigenvalue weighted by Gasteiger charge is 2.36. The Morgan fingerprint density at radius 1 is 1.27 bits per heavy atom. The van der Waals surface area contributed by atoms with Crippen LogP contribution in [0.25, 0.3) is 0 Å². The summed E-state index contributed by atoms with van der Waals surface area (Å²) in [4.78, 5) is 3.95. The zero-order valence-corrected chi connectivity index (χ0v) is 10.4. The van der Waals surface area contributed by atoms with E-state index in [1.807, 2.05) is 19.6 Å². The van der Waals surface area contributed by atoms with E-state index in [0.29, 0.717) is 5.32 Å². The Morgan fingerprint density at radius 3 is 2.20 bits per heavy atom. The molecule has 1 rings (SSSR count). The molecule has 0 amide bonds. The summed E-state index contributed by atoms with van der Waals surface area (Å²) in [6.07, 6.45) is -3.24. The first-order valence-corrected chi connectivity index (χ1v) is 8.24. The fourth-order valence-electron chi connectivity index (χ4n) is 1.19. The second kappa shape index (κ2) is 3.79. The van der Waals surface area contributed by atoms with Gasteiger partial charge >= 0.3 is 6.18 Å². The highest BCUT2D eigenvalue weighted by molar-refractivity contribution is 6.89. The molecule has 0 aliphatic heterocycles. The molecular formula is C9H11ClF3NSi. The van der Waals surface area contributed by atoms with E-state index in [4.69, 9.17) is 11.6 Å². The summed E-state index contributed by atoms with van der Waals surface area (Å²) in [6, 6.07) is 0.909. The Kier molecular flexibility index (Phi) is 3.16. The molecular weight excluding hydrogens is 243 g/mol.